The Morgan fingerprint density at radius 2 is 2.17 bits per heavy atom. The van der Waals surface area contributed by atoms with Crippen LogP contribution in [0.2, 0.25) is 0 Å². The Morgan fingerprint density at radius 1 is 1.44 bits per heavy atom. The van der Waals surface area contributed by atoms with E-state index in [2.05, 4.69) is 10.3 Å². The molecule has 0 bridgehead atoms. The standard InChI is InChI=1S/C12H12N2O4/c1-6-9(11(16)17)10(14-12(18)13-6)7-3-2-4-8(15)5-7/h2-5,9-10,15H,1H3,(H,14,18)(H,16,17). The summed E-state index contributed by atoms with van der Waals surface area (Å²) in [4.78, 5) is 26.2. The van der Waals surface area contributed by atoms with Crippen LogP contribution in [0.4, 0.5) is 4.79 Å². The van der Waals surface area contributed by atoms with E-state index >= 15 is 0 Å². The molecular formula is C12H12N2O4. The monoisotopic (exact) mass is 248 g/mol. The van der Waals surface area contributed by atoms with Crippen molar-refractivity contribution in [2.45, 2.75) is 13.0 Å². The van der Waals surface area contributed by atoms with E-state index in [1.54, 1.807) is 12.1 Å². The molecule has 2 unspecified atom stereocenters. The van der Waals surface area contributed by atoms with Crippen molar-refractivity contribution >= 4 is 17.7 Å². The maximum absolute atomic E-state index is 11.4. The first-order valence-electron chi connectivity index (χ1n) is 5.36. The summed E-state index contributed by atoms with van der Waals surface area (Å²) in [6.07, 6.45) is 0. The number of phenols is 1. The minimum atomic E-state index is -1.07. The van der Waals surface area contributed by atoms with Gasteiger partial charge in [0.05, 0.1) is 6.04 Å². The maximum Gasteiger partial charge on any atom is 0.341 e. The number of nitrogens with zero attached hydrogens (tertiary/aromatic N) is 1. The summed E-state index contributed by atoms with van der Waals surface area (Å²) < 4.78 is 0. The number of carbonyl (C=O) groups excluding carboxylic acids is 1. The normalized spacial score (nSPS) is 23.2. The predicted molar refractivity (Wildman–Crippen MR) is 63.6 cm³/mol. The summed E-state index contributed by atoms with van der Waals surface area (Å²) in [6, 6.07) is 4.86. The van der Waals surface area contributed by atoms with E-state index in [4.69, 9.17) is 0 Å². The van der Waals surface area contributed by atoms with Crippen molar-refractivity contribution in [3.05, 3.63) is 29.8 Å². The van der Waals surface area contributed by atoms with Crippen molar-refractivity contribution in [2.24, 2.45) is 10.9 Å². The van der Waals surface area contributed by atoms with Crippen LogP contribution >= 0.6 is 0 Å². The second-order valence-electron chi connectivity index (χ2n) is 4.09. The molecule has 0 radical (unpaired) electrons. The number of hydrogen-bond donors (Lipinski definition) is 3. The highest BCUT2D eigenvalue weighted by molar-refractivity contribution is 6.07. The molecule has 1 aliphatic heterocycles. The van der Waals surface area contributed by atoms with Crippen LogP contribution in [0.5, 0.6) is 5.75 Å². The minimum Gasteiger partial charge on any atom is -0.508 e. The van der Waals surface area contributed by atoms with Gasteiger partial charge in [-0.05, 0) is 24.6 Å². The van der Waals surface area contributed by atoms with Crippen LogP contribution in [0.3, 0.4) is 0 Å². The molecule has 0 spiro atoms. The van der Waals surface area contributed by atoms with Gasteiger partial charge in [0.2, 0.25) is 0 Å². The van der Waals surface area contributed by atoms with E-state index in [0.717, 1.165) is 0 Å². The lowest BCUT2D eigenvalue weighted by molar-refractivity contribution is -0.140. The van der Waals surface area contributed by atoms with E-state index in [1.807, 2.05) is 0 Å². The molecule has 0 fully saturated rings. The second kappa shape index (κ2) is 4.48. The van der Waals surface area contributed by atoms with Gasteiger partial charge in [-0.25, -0.2) is 9.79 Å². The van der Waals surface area contributed by atoms with Crippen molar-refractivity contribution in [2.75, 3.05) is 0 Å². The number of aliphatic imine (C=N–C) groups is 1. The first kappa shape index (κ1) is 12.1. The lowest BCUT2D eigenvalue weighted by atomic mass is 9.88. The fourth-order valence-electron chi connectivity index (χ4n) is 2.03. The summed E-state index contributed by atoms with van der Waals surface area (Å²) in [6.45, 7) is 1.51. The molecule has 0 aliphatic carbocycles. The molecule has 1 aromatic carbocycles. The molecule has 2 atom stereocenters. The Labute approximate surface area is 103 Å². The van der Waals surface area contributed by atoms with Crippen molar-refractivity contribution in [1.29, 1.82) is 0 Å². The zero-order valence-corrected chi connectivity index (χ0v) is 9.62. The molecule has 6 nitrogen and oxygen atoms in total. The smallest absolute Gasteiger partial charge is 0.341 e. The summed E-state index contributed by atoms with van der Waals surface area (Å²) in [7, 11) is 0. The Hall–Kier alpha value is -2.37. The number of aromatic hydroxyl groups is 1. The average molecular weight is 248 g/mol. The molecule has 0 saturated carbocycles. The summed E-state index contributed by atoms with van der Waals surface area (Å²) in [5, 5.41) is 21.1. The van der Waals surface area contributed by atoms with Crippen molar-refractivity contribution < 1.29 is 19.8 Å². The van der Waals surface area contributed by atoms with Crippen LogP contribution in [0.25, 0.3) is 0 Å². The van der Waals surface area contributed by atoms with Crippen molar-refractivity contribution in [3.8, 4) is 5.75 Å². The van der Waals surface area contributed by atoms with Gasteiger partial charge in [-0.3, -0.25) is 4.79 Å². The number of amides is 2. The van der Waals surface area contributed by atoms with Crippen LogP contribution in [-0.4, -0.2) is 27.9 Å². The number of nitrogens with one attached hydrogen (secondary N) is 1. The summed E-state index contributed by atoms with van der Waals surface area (Å²) >= 11 is 0. The molecule has 3 N–H and O–H groups in total. The van der Waals surface area contributed by atoms with Gasteiger partial charge in [-0.2, -0.15) is 0 Å². The zero-order chi connectivity index (χ0) is 13.3. The number of rotatable bonds is 2. The molecule has 2 rings (SSSR count). The van der Waals surface area contributed by atoms with Crippen molar-refractivity contribution in [1.82, 2.24) is 5.32 Å². The van der Waals surface area contributed by atoms with Gasteiger partial charge in [-0.15, -0.1) is 0 Å². The van der Waals surface area contributed by atoms with Gasteiger partial charge in [0.25, 0.3) is 0 Å². The Morgan fingerprint density at radius 3 is 2.78 bits per heavy atom. The Bertz CT molecular complexity index is 539. The number of phenolic OH excluding ortho intramolecular Hbond substituents is 1. The maximum atomic E-state index is 11.4. The lowest BCUT2D eigenvalue weighted by Crippen LogP contribution is -2.43. The largest absolute Gasteiger partial charge is 0.508 e. The van der Waals surface area contributed by atoms with Crippen LogP contribution < -0.4 is 5.32 Å². The molecule has 6 heteroatoms. The van der Waals surface area contributed by atoms with Crippen molar-refractivity contribution in [3.63, 3.8) is 0 Å². The molecule has 1 aliphatic rings. The third kappa shape index (κ3) is 2.17. The third-order valence-corrected chi connectivity index (χ3v) is 2.84. The summed E-state index contributed by atoms with van der Waals surface area (Å²) in [5.41, 5.74) is 0.782. The first-order valence-corrected chi connectivity index (χ1v) is 5.36. The topological polar surface area (TPSA) is 99.0 Å². The Kier molecular flexibility index (Phi) is 3.01. The second-order valence-corrected chi connectivity index (χ2v) is 4.09. The van der Waals surface area contributed by atoms with Crippen LogP contribution in [0.15, 0.2) is 29.3 Å². The molecule has 1 aromatic rings. The molecule has 94 valence electrons. The molecule has 18 heavy (non-hydrogen) atoms. The fraction of sp³-hybridized carbons (Fsp3) is 0.250. The van der Waals surface area contributed by atoms with Gasteiger partial charge in [0.15, 0.2) is 0 Å². The number of benzene rings is 1. The number of aliphatic carboxylic acids is 1. The number of carbonyl (C=O) groups is 2. The SMILES string of the molecule is CC1=NC(=O)NC(c2cccc(O)c2)C1C(=O)O. The number of urea groups is 1. The van der Waals surface area contributed by atoms with Gasteiger partial charge in [-0.1, -0.05) is 12.1 Å². The predicted octanol–water partition coefficient (Wildman–Crippen LogP) is 1.32. The number of carboxylic acid groups (broad SMARTS) is 1. The summed E-state index contributed by atoms with van der Waals surface area (Å²) in [5.74, 6) is -1.97. The minimum absolute atomic E-state index is 0.0195. The Balaban J connectivity index is 2.44. The van der Waals surface area contributed by atoms with Crippen LogP contribution in [-0.2, 0) is 4.79 Å². The quantitative estimate of drug-likeness (QED) is 0.734. The first-order chi connectivity index (χ1) is 8.49. The number of carboxylic acids is 1. The van der Waals surface area contributed by atoms with E-state index in [0.29, 0.717) is 5.56 Å². The lowest BCUT2D eigenvalue weighted by Gasteiger charge is -2.28. The van der Waals surface area contributed by atoms with E-state index < -0.39 is 24.0 Å². The third-order valence-electron chi connectivity index (χ3n) is 2.84. The van der Waals surface area contributed by atoms with Gasteiger partial charge in [0, 0.05) is 5.71 Å². The van der Waals surface area contributed by atoms with Crippen LogP contribution in [0, 0.1) is 5.92 Å². The van der Waals surface area contributed by atoms with Gasteiger partial charge in [0.1, 0.15) is 11.7 Å². The molecule has 1 heterocycles. The van der Waals surface area contributed by atoms with Gasteiger partial charge < -0.3 is 15.5 Å². The number of hydrogen-bond acceptors (Lipinski definition) is 3. The molecule has 0 aromatic heterocycles. The highest BCUT2D eigenvalue weighted by Gasteiger charge is 2.36. The van der Waals surface area contributed by atoms with E-state index in [-0.39, 0.29) is 11.5 Å². The highest BCUT2D eigenvalue weighted by Crippen LogP contribution is 2.28. The van der Waals surface area contributed by atoms with Gasteiger partial charge >= 0.3 is 12.0 Å². The molecule has 0 saturated heterocycles. The fourth-order valence-corrected chi connectivity index (χ4v) is 2.03. The zero-order valence-electron chi connectivity index (χ0n) is 9.62. The van der Waals surface area contributed by atoms with E-state index in [9.17, 15) is 19.8 Å². The highest BCUT2D eigenvalue weighted by atomic mass is 16.4. The van der Waals surface area contributed by atoms with Crippen LogP contribution in [0.1, 0.15) is 18.5 Å². The molecular weight excluding hydrogens is 236 g/mol. The average Bonchev–Trinajstić information content (AvgIpc) is 2.27. The molecule has 2 amide bonds. The van der Waals surface area contributed by atoms with E-state index in [1.165, 1.54) is 19.1 Å².